The summed E-state index contributed by atoms with van der Waals surface area (Å²) in [5, 5.41) is 4.03. The zero-order valence-electron chi connectivity index (χ0n) is 24.7. The number of aromatic amines is 1. The summed E-state index contributed by atoms with van der Waals surface area (Å²) >= 11 is 0. The lowest BCUT2D eigenvalue weighted by molar-refractivity contribution is -0.127. The number of fused-ring (bicyclic) bond motifs is 1. The van der Waals surface area contributed by atoms with Crippen LogP contribution in [0.4, 0.5) is 0 Å². The summed E-state index contributed by atoms with van der Waals surface area (Å²) in [6.45, 7) is 7.04. The number of likely N-dealkylation sites (tertiary alicyclic amines) is 1. The Hall–Kier alpha value is -4.46. The third kappa shape index (κ3) is 6.08. The van der Waals surface area contributed by atoms with Crippen molar-refractivity contribution in [1.29, 1.82) is 0 Å². The Labute approximate surface area is 247 Å². The van der Waals surface area contributed by atoms with Gasteiger partial charge in [-0.2, -0.15) is 0 Å². The minimum atomic E-state index is -0.649. The number of para-hydroxylation sites is 1. The van der Waals surface area contributed by atoms with Crippen LogP contribution in [0.5, 0.6) is 0 Å². The number of carbonyl (C=O) groups excluding carboxylic acids is 3. The van der Waals surface area contributed by atoms with Crippen molar-refractivity contribution in [2.75, 3.05) is 20.1 Å². The number of H-pyrrole nitrogens is 1. The normalized spacial score (nSPS) is 18.0. The van der Waals surface area contributed by atoms with E-state index in [1.165, 1.54) is 4.90 Å². The van der Waals surface area contributed by atoms with Gasteiger partial charge in [-0.05, 0) is 42.0 Å². The Morgan fingerprint density at radius 3 is 2.48 bits per heavy atom. The highest BCUT2D eigenvalue weighted by Crippen LogP contribution is 2.26. The second-order valence-electron chi connectivity index (χ2n) is 11.5. The molecule has 4 atom stereocenters. The highest BCUT2D eigenvalue weighted by atomic mass is 16.2. The molecule has 0 radical (unpaired) electrons. The molecule has 1 aliphatic rings. The van der Waals surface area contributed by atoms with Gasteiger partial charge in [0.05, 0.1) is 0 Å². The highest BCUT2D eigenvalue weighted by molar-refractivity contribution is 6.00. The molecule has 0 spiro atoms. The van der Waals surface area contributed by atoms with E-state index in [0.29, 0.717) is 30.4 Å². The van der Waals surface area contributed by atoms with Crippen LogP contribution in [0.3, 0.4) is 0 Å². The third-order valence-corrected chi connectivity index (χ3v) is 8.44. The summed E-state index contributed by atoms with van der Waals surface area (Å²) < 4.78 is 0. The van der Waals surface area contributed by atoms with Crippen LogP contribution < -0.4 is 5.32 Å². The average molecular weight is 566 g/mol. The minimum Gasteiger partial charge on any atom is -0.352 e. The number of carbonyl (C=O) groups is 3. The van der Waals surface area contributed by atoms with Crippen molar-refractivity contribution in [3.63, 3.8) is 0 Å². The topological polar surface area (TPSA) is 98.4 Å². The molecule has 218 valence electrons. The molecule has 2 N–H and O–H groups in total. The molecule has 2 aromatic heterocycles. The molecule has 3 heterocycles. The lowest BCUT2D eigenvalue weighted by Gasteiger charge is -2.32. The van der Waals surface area contributed by atoms with E-state index in [4.69, 9.17) is 0 Å². The molecule has 1 aliphatic heterocycles. The van der Waals surface area contributed by atoms with Crippen molar-refractivity contribution < 1.29 is 14.4 Å². The quantitative estimate of drug-likeness (QED) is 0.285. The summed E-state index contributed by atoms with van der Waals surface area (Å²) in [6, 6.07) is 22.4. The number of hydrogen-bond acceptors (Lipinski definition) is 4. The van der Waals surface area contributed by atoms with E-state index in [-0.39, 0.29) is 29.7 Å². The smallest absolute Gasteiger partial charge is 0.272 e. The Morgan fingerprint density at radius 2 is 1.79 bits per heavy atom. The predicted octanol–water partition coefficient (Wildman–Crippen LogP) is 5.38. The monoisotopic (exact) mass is 565 g/mol. The van der Waals surface area contributed by atoms with Crippen molar-refractivity contribution in [3.8, 4) is 11.1 Å². The average Bonchev–Trinajstić information content (AvgIpc) is 3.63. The van der Waals surface area contributed by atoms with Crippen molar-refractivity contribution in [1.82, 2.24) is 25.1 Å². The molecular weight excluding hydrogens is 526 g/mol. The van der Waals surface area contributed by atoms with Crippen molar-refractivity contribution in [3.05, 3.63) is 90.4 Å². The van der Waals surface area contributed by atoms with Crippen LogP contribution in [0.1, 0.15) is 54.6 Å². The van der Waals surface area contributed by atoms with E-state index >= 15 is 0 Å². The maximum absolute atomic E-state index is 13.6. The summed E-state index contributed by atoms with van der Waals surface area (Å²) in [7, 11) is 1.68. The Balaban J connectivity index is 1.26. The van der Waals surface area contributed by atoms with Gasteiger partial charge < -0.3 is 20.1 Å². The number of nitrogens with one attached hydrogen (secondary N) is 2. The van der Waals surface area contributed by atoms with E-state index in [1.807, 2.05) is 85.5 Å². The molecule has 8 heteroatoms. The maximum atomic E-state index is 13.6. The van der Waals surface area contributed by atoms with Crippen LogP contribution in [0.2, 0.25) is 0 Å². The SMILES string of the molecule is CC[C@H](C)[C@@H](C(=O)NC[C@@H]1C[C@H](C)CN1C(=O)c1ccc(-c2ccccc2)cn1)N(C)C(=O)c1cc2ccccc2[nH]1. The van der Waals surface area contributed by atoms with Gasteiger partial charge in [-0.15, -0.1) is 0 Å². The van der Waals surface area contributed by atoms with E-state index in [0.717, 1.165) is 34.9 Å². The van der Waals surface area contributed by atoms with Crippen LogP contribution in [0, 0.1) is 11.8 Å². The number of likely N-dealkylation sites (N-methyl/N-ethyl adjacent to an activating group) is 1. The van der Waals surface area contributed by atoms with Gasteiger partial charge in [-0.1, -0.05) is 81.8 Å². The molecular formula is C34H39N5O3. The van der Waals surface area contributed by atoms with Gasteiger partial charge >= 0.3 is 0 Å². The molecule has 0 bridgehead atoms. The van der Waals surface area contributed by atoms with Crippen LogP contribution in [-0.4, -0.2) is 69.7 Å². The molecule has 3 amide bonds. The fourth-order valence-corrected chi connectivity index (χ4v) is 5.93. The minimum absolute atomic E-state index is 0.0594. The van der Waals surface area contributed by atoms with E-state index in [2.05, 4.69) is 22.2 Å². The molecule has 0 saturated carbocycles. The zero-order chi connectivity index (χ0) is 29.8. The molecule has 4 aromatic rings. The maximum Gasteiger partial charge on any atom is 0.272 e. The first-order valence-electron chi connectivity index (χ1n) is 14.7. The van der Waals surface area contributed by atoms with Crippen molar-refractivity contribution in [2.24, 2.45) is 11.8 Å². The number of amides is 3. The largest absolute Gasteiger partial charge is 0.352 e. The van der Waals surface area contributed by atoms with E-state index < -0.39 is 6.04 Å². The standard InChI is InChI=1S/C34H39N5O3/c1-5-23(3)31(38(4)33(41)30-18-25-13-9-10-14-28(25)37-30)32(40)36-20-27-17-22(2)21-39(27)34(42)29-16-15-26(19-35-29)24-11-7-6-8-12-24/h6-16,18-19,22-23,27,31,37H,5,17,20-21H2,1-4H3,(H,36,40)/t22-,23-,27-,31-/m0/s1. The number of hydrogen-bond donors (Lipinski definition) is 2. The number of benzene rings is 2. The third-order valence-electron chi connectivity index (χ3n) is 8.44. The second kappa shape index (κ2) is 12.6. The van der Waals surface area contributed by atoms with Crippen LogP contribution in [0.15, 0.2) is 79.0 Å². The fraction of sp³-hybridized carbons (Fsp3) is 0.353. The Kier molecular flexibility index (Phi) is 8.71. The molecule has 0 aliphatic carbocycles. The van der Waals surface area contributed by atoms with Gasteiger partial charge in [0.25, 0.3) is 11.8 Å². The molecule has 42 heavy (non-hydrogen) atoms. The summed E-state index contributed by atoms with van der Waals surface area (Å²) in [4.78, 5) is 51.6. The first-order chi connectivity index (χ1) is 20.3. The summed E-state index contributed by atoms with van der Waals surface area (Å²) in [6.07, 6.45) is 3.25. The van der Waals surface area contributed by atoms with Gasteiger partial charge in [0.2, 0.25) is 5.91 Å². The first-order valence-corrected chi connectivity index (χ1v) is 14.7. The molecule has 2 aromatic carbocycles. The van der Waals surface area contributed by atoms with Gasteiger partial charge in [-0.25, -0.2) is 0 Å². The summed E-state index contributed by atoms with van der Waals surface area (Å²) in [5.74, 6) is -0.341. The Morgan fingerprint density at radius 1 is 1.05 bits per heavy atom. The number of nitrogens with zero attached hydrogens (tertiary/aromatic N) is 3. The van der Waals surface area contributed by atoms with Crippen LogP contribution in [-0.2, 0) is 4.79 Å². The lowest BCUT2D eigenvalue weighted by atomic mass is 9.96. The predicted molar refractivity (Wildman–Crippen MR) is 165 cm³/mol. The van der Waals surface area contributed by atoms with E-state index in [1.54, 1.807) is 19.3 Å². The van der Waals surface area contributed by atoms with Crippen molar-refractivity contribution in [2.45, 2.75) is 45.7 Å². The molecule has 1 fully saturated rings. The highest BCUT2D eigenvalue weighted by Gasteiger charge is 2.36. The van der Waals surface area contributed by atoms with Crippen molar-refractivity contribution >= 4 is 28.6 Å². The fourth-order valence-electron chi connectivity index (χ4n) is 5.93. The van der Waals surface area contributed by atoms with Gasteiger partial charge in [-0.3, -0.25) is 19.4 Å². The molecule has 0 unspecified atom stereocenters. The van der Waals surface area contributed by atoms with Gasteiger partial charge in [0, 0.05) is 48.8 Å². The summed E-state index contributed by atoms with van der Waals surface area (Å²) in [5.41, 5.74) is 3.72. The second-order valence-corrected chi connectivity index (χ2v) is 11.5. The molecule has 1 saturated heterocycles. The molecule has 8 nitrogen and oxygen atoms in total. The zero-order valence-corrected chi connectivity index (χ0v) is 24.7. The van der Waals surface area contributed by atoms with Gasteiger partial charge in [0.15, 0.2) is 0 Å². The van der Waals surface area contributed by atoms with Crippen LogP contribution in [0.25, 0.3) is 22.0 Å². The lowest BCUT2D eigenvalue weighted by Crippen LogP contribution is -2.53. The van der Waals surface area contributed by atoms with Crippen LogP contribution >= 0.6 is 0 Å². The number of aromatic nitrogens is 2. The van der Waals surface area contributed by atoms with Gasteiger partial charge in [0.1, 0.15) is 17.4 Å². The van der Waals surface area contributed by atoms with E-state index in [9.17, 15) is 14.4 Å². The Bertz CT molecular complexity index is 1520. The first kappa shape index (κ1) is 29.0. The number of rotatable bonds is 9. The molecule has 5 rings (SSSR count). The number of pyridine rings is 1.